The Balaban J connectivity index is 1.46. The molecule has 1 aromatic carbocycles. The van der Waals surface area contributed by atoms with Gasteiger partial charge in [-0.25, -0.2) is 0 Å². The molecular formula is C20H25N3O2. The highest BCUT2D eigenvalue weighted by molar-refractivity contribution is 6.10. The van der Waals surface area contributed by atoms with Crippen LogP contribution in [0.3, 0.4) is 0 Å². The van der Waals surface area contributed by atoms with Crippen LogP contribution in [0.25, 0.3) is 5.70 Å². The fraction of sp³-hybridized carbons (Fsp3) is 0.500. The van der Waals surface area contributed by atoms with E-state index in [4.69, 9.17) is 0 Å². The van der Waals surface area contributed by atoms with Gasteiger partial charge in [0.15, 0.2) is 0 Å². The second-order valence-electron chi connectivity index (χ2n) is 7.35. The van der Waals surface area contributed by atoms with Gasteiger partial charge in [0.05, 0.1) is 0 Å². The molecule has 0 unspecified atom stereocenters. The van der Waals surface area contributed by atoms with Crippen molar-refractivity contribution in [2.45, 2.75) is 50.7 Å². The Morgan fingerprint density at radius 3 is 2.72 bits per heavy atom. The Kier molecular flexibility index (Phi) is 4.12. The molecule has 2 amide bonds. The van der Waals surface area contributed by atoms with Crippen LogP contribution in [0.2, 0.25) is 0 Å². The molecule has 3 heterocycles. The lowest BCUT2D eigenvalue weighted by molar-refractivity contribution is -0.125. The van der Waals surface area contributed by atoms with Crippen LogP contribution in [0.15, 0.2) is 30.8 Å². The summed E-state index contributed by atoms with van der Waals surface area (Å²) in [6, 6.07) is 7.52. The predicted octanol–water partition coefficient (Wildman–Crippen LogP) is 2.24. The molecule has 1 N–H and O–H groups in total. The summed E-state index contributed by atoms with van der Waals surface area (Å²) in [7, 11) is 0. The van der Waals surface area contributed by atoms with E-state index in [1.54, 1.807) is 13.0 Å². The fourth-order valence-electron chi connectivity index (χ4n) is 4.55. The quantitative estimate of drug-likeness (QED) is 0.919. The Bertz CT molecular complexity index is 694. The number of rotatable bonds is 3. The van der Waals surface area contributed by atoms with Gasteiger partial charge in [0, 0.05) is 35.5 Å². The van der Waals surface area contributed by atoms with Crippen LogP contribution in [0, 0.1) is 0 Å². The summed E-state index contributed by atoms with van der Waals surface area (Å²) in [5.41, 5.74) is 2.08. The molecule has 0 radical (unpaired) electrons. The Morgan fingerprint density at radius 2 is 1.96 bits per heavy atom. The molecule has 132 valence electrons. The summed E-state index contributed by atoms with van der Waals surface area (Å²) in [6.07, 6.45) is 4.64. The third-order valence-corrected chi connectivity index (χ3v) is 5.93. The highest BCUT2D eigenvalue weighted by Gasteiger charge is 2.40. The monoisotopic (exact) mass is 339 g/mol. The number of hydrogen-bond acceptors (Lipinski definition) is 3. The molecule has 0 saturated carbocycles. The first kappa shape index (κ1) is 16.3. The highest BCUT2D eigenvalue weighted by atomic mass is 16.2. The second-order valence-corrected chi connectivity index (χ2v) is 7.35. The molecule has 1 aromatic rings. The van der Waals surface area contributed by atoms with E-state index in [-0.39, 0.29) is 17.9 Å². The normalized spacial score (nSPS) is 27.2. The predicted molar refractivity (Wildman–Crippen MR) is 96.9 cm³/mol. The van der Waals surface area contributed by atoms with Gasteiger partial charge >= 0.3 is 0 Å². The van der Waals surface area contributed by atoms with E-state index in [1.807, 2.05) is 18.2 Å². The molecule has 0 bridgehead atoms. The summed E-state index contributed by atoms with van der Waals surface area (Å²) in [5, 5.41) is 3.21. The largest absolute Gasteiger partial charge is 0.350 e. The maximum Gasteiger partial charge on any atom is 0.259 e. The van der Waals surface area contributed by atoms with Gasteiger partial charge in [0.1, 0.15) is 6.04 Å². The molecular weight excluding hydrogens is 314 g/mol. The van der Waals surface area contributed by atoms with E-state index >= 15 is 0 Å². The topological polar surface area (TPSA) is 52.7 Å². The number of carbonyl (C=O) groups is 2. The molecule has 3 aliphatic rings. The van der Waals surface area contributed by atoms with Gasteiger partial charge in [-0.15, -0.1) is 0 Å². The van der Waals surface area contributed by atoms with Crippen molar-refractivity contribution in [2.24, 2.45) is 0 Å². The minimum Gasteiger partial charge on any atom is -0.350 e. The van der Waals surface area contributed by atoms with Gasteiger partial charge in [0.2, 0.25) is 5.91 Å². The van der Waals surface area contributed by atoms with Crippen molar-refractivity contribution in [2.75, 3.05) is 13.1 Å². The van der Waals surface area contributed by atoms with Crippen LogP contribution in [-0.4, -0.2) is 52.8 Å². The molecule has 2 saturated heterocycles. The third kappa shape index (κ3) is 2.67. The summed E-state index contributed by atoms with van der Waals surface area (Å²) in [6.45, 7) is 8.04. The van der Waals surface area contributed by atoms with Crippen molar-refractivity contribution < 1.29 is 9.59 Å². The van der Waals surface area contributed by atoms with Crippen molar-refractivity contribution >= 4 is 17.5 Å². The number of nitrogens with one attached hydrogen (secondary N) is 1. The molecule has 0 aromatic heterocycles. The summed E-state index contributed by atoms with van der Waals surface area (Å²) in [4.78, 5) is 29.6. The van der Waals surface area contributed by atoms with Gasteiger partial charge in [-0.2, -0.15) is 0 Å². The summed E-state index contributed by atoms with van der Waals surface area (Å²) in [5.74, 6) is -0.214. The lowest BCUT2D eigenvalue weighted by Gasteiger charge is -2.33. The molecule has 25 heavy (non-hydrogen) atoms. The SMILES string of the molecule is C=C1c2ccccc2C(=O)N1[C@H](C)C(=O)N[C@@H]1CCN2CCCC[C@@H]12. The van der Waals surface area contributed by atoms with Gasteiger partial charge in [-0.3, -0.25) is 19.4 Å². The van der Waals surface area contributed by atoms with Gasteiger partial charge in [-0.05, 0) is 38.8 Å². The highest BCUT2D eigenvalue weighted by Crippen LogP contribution is 2.33. The smallest absolute Gasteiger partial charge is 0.259 e. The molecule has 5 nitrogen and oxygen atoms in total. The van der Waals surface area contributed by atoms with Crippen molar-refractivity contribution in [3.05, 3.63) is 42.0 Å². The van der Waals surface area contributed by atoms with Crippen LogP contribution < -0.4 is 5.32 Å². The molecule has 2 fully saturated rings. The molecule has 0 aliphatic carbocycles. The summed E-state index contributed by atoms with van der Waals surface area (Å²) >= 11 is 0. The molecule has 0 spiro atoms. The Labute approximate surface area is 148 Å². The fourth-order valence-corrected chi connectivity index (χ4v) is 4.55. The average molecular weight is 339 g/mol. The second kappa shape index (κ2) is 6.30. The molecule has 4 rings (SSSR count). The number of benzene rings is 1. The van der Waals surface area contributed by atoms with Crippen LogP contribution in [0.1, 0.15) is 48.5 Å². The zero-order valence-electron chi connectivity index (χ0n) is 14.7. The first-order chi connectivity index (χ1) is 12.1. The van der Waals surface area contributed by atoms with Gasteiger partial charge < -0.3 is 5.32 Å². The summed E-state index contributed by atoms with van der Waals surface area (Å²) < 4.78 is 0. The minimum atomic E-state index is -0.551. The molecule has 3 atom stereocenters. The number of amides is 2. The van der Waals surface area contributed by atoms with E-state index in [9.17, 15) is 9.59 Å². The van der Waals surface area contributed by atoms with Crippen molar-refractivity contribution in [3.8, 4) is 0 Å². The molecule has 5 heteroatoms. The minimum absolute atomic E-state index is 0.0836. The number of fused-ring (bicyclic) bond motifs is 2. The lowest BCUT2D eigenvalue weighted by atomic mass is 9.99. The maximum atomic E-state index is 12.8. The Hall–Kier alpha value is -2.14. The molecule has 3 aliphatic heterocycles. The lowest BCUT2D eigenvalue weighted by Crippen LogP contribution is -2.52. The number of carbonyl (C=O) groups excluding carboxylic acids is 2. The van der Waals surface area contributed by atoms with Gasteiger partial charge in [0.25, 0.3) is 5.91 Å². The number of hydrogen-bond donors (Lipinski definition) is 1. The van der Waals surface area contributed by atoms with E-state index in [0.29, 0.717) is 17.3 Å². The number of nitrogens with zero attached hydrogens (tertiary/aromatic N) is 2. The first-order valence-corrected chi connectivity index (χ1v) is 9.24. The van der Waals surface area contributed by atoms with E-state index in [0.717, 1.165) is 31.5 Å². The maximum absolute atomic E-state index is 12.8. The van der Waals surface area contributed by atoms with E-state index in [1.165, 1.54) is 17.7 Å². The standard InChI is InChI=1S/C20H25N3O2/c1-13-15-7-3-4-8-16(15)20(25)23(13)14(2)19(24)21-17-10-12-22-11-6-5-9-18(17)22/h3-4,7-8,14,17-18H,1,5-6,9-12H2,2H3,(H,21,24)/t14-,17-,18+/m1/s1. The first-order valence-electron chi connectivity index (χ1n) is 9.24. The zero-order valence-corrected chi connectivity index (χ0v) is 14.7. The average Bonchev–Trinajstić information content (AvgIpc) is 3.15. The Morgan fingerprint density at radius 1 is 1.20 bits per heavy atom. The van der Waals surface area contributed by atoms with Crippen LogP contribution >= 0.6 is 0 Å². The van der Waals surface area contributed by atoms with Gasteiger partial charge in [-0.1, -0.05) is 31.2 Å². The van der Waals surface area contributed by atoms with Crippen LogP contribution in [-0.2, 0) is 4.79 Å². The van der Waals surface area contributed by atoms with Crippen LogP contribution in [0.4, 0.5) is 0 Å². The third-order valence-electron chi connectivity index (χ3n) is 5.93. The van der Waals surface area contributed by atoms with Crippen molar-refractivity contribution in [1.29, 1.82) is 0 Å². The van der Waals surface area contributed by atoms with Crippen LogP contribution in [0.5, 0.6) is 0 Å². The number of piperidine rings is 1. The van der Waals surface area contributed by atoms with Crippen molar-refractivity contribution in [3.63, 3.8) is 0 Å². The van der Waals surface area contributed by atoms with Crippen molar-refractivity contribution in [1.82, 2.24) is 15.1 Å². The van der Waals surface area contributed by atoms with E-state index < -0.39 is 6.04 Å². The zero-order chi connectivity index (χ0) is 17.6. The van der Waals surface area contributed by atoms with E-state index in [2.05, 4.69) is 16.8 Å².